The van der Waals surface area contributed by atoms with Gasteiger partial charge in [-0.3, -0.25) is 19.2 Å². The first-order valence-electron chi connectivity index (χ1n) is 9.88. The number of carboxylic acid groups (broad SMARTS) is 1. The number of methoxy groups -OCH3 is 2. The Balaban J connectivity index is 0. The molecule has 0 aliphatic rings. The van der Waals surface area contributed by atoms with Crippen LogP contribution in [0.3, 0.4) is 0 Å². The maximum Gasteiger partial charge on any atom is 0.305 e. The summed E-state index contributed by atoms with van der Waals surface area (Å²) in [4.78, 5) is 42.3. The molecule has 0 heterocycles. The Morgan fingerprint density at radius 1 is 0.607 bits per heavy atom. The molecule has 28 heavy (non-hydrogen) atoms. The zero-order valence-electron chi connectivity index (χ0n) is 17.5. The van der Waals surface area contributed by atoms with Crippen LogP contribution in [0.4, 0.5) is 0 Å². The minimum absolute atomic E-state index is 0.124. The molecule has 1 N–H and O–H groups in total. The van der Waals surface area contributed by atoms with E-state index < -0.39 is 5.97 Å². The molecule has 0 amide bonds. The summed E-state index contributed by atoms with van der Waals surface area (Å²) in [7, 11) is 2.82. The molecule has 0 bridgehead atoms. The summed E-state index contributed by atoms with van der Waals surface area (Å²) in [5.41, 5.74) is 0. The summed E-state index contributed by atoms with van der Waals surface area (Å²) in [6.45, 7) is 2.13. The second kappa shape index (κ2) is 21.2. The molecule has 164 valence electrons. The zero-order chi connectivity index (χ0) is 21.6. The van der Waals surface area contributed by atoms with E-state index in [2.05, 4.69) is 14.2 Å². The lowest BCUT2D eigenvalue weighted by Crippen LogP contribution is -2.03. The van der Waals surface area contributed by atoms with Crippen LogP contribution in [0.5, 0.6) is 0 Å². The van der Waals surface area contributed by atoms with Crippen molar-refractivity contribution in [3.8, 4) is 0 Å². The van der Waals surface area contributed by atoms with Gasteiger partial charge in [0.25, 0.3) is 0 Å². The van der Waals surface area contributed by atoms with Crippen LogP contribution in [0.1, 0.15) is 84.0 Å². The van der Waals surface area contributed by atoms with E-state index in [1.54, 1.807) is 6.92 Å². The van der Waals surface area contributed by atoms with Crippen molar-refractivity contribution in [3.05, 3.63) is 0 Å². The summed E-state index contributed by atoms with van der Waals surface area (Å²) in [5, 5.41) is 8.27. The number of carboxylic acids is 1. The molecule has 0 aromatic carbocycles. The fourth-order valence-corrected chi connectivity index (χ4v) is 2.23. The molecular formula is C20H36O8. The summed E-state index contributed by atoms with van der Waals surface area (Å²) < 4.78 is 13.7. The normalized spacial score (nSPS) is 9.68. The van der Waals surface area contributed by atoms with Crippen LogP contribution >= 0.6 is 0 Å². The van der Waals surface area contributed by atoms with E-state index in [1.165, 1.54) is 14.2 Å². The van der Waals surface area contributed by atoms with Gasteiger partial charge in [-0.1, -0.05) is 25.7 Å². The van der Waals surface area contributed by atoms with E-state index in [0.29, 0.717) is 38.7 Å². The maximum atomic E-state index is 10.8. The number of ether oxygens (including phenoxy) is 3. The molecule has 0 atom stereocenters. The second-order valence-corrected chi connectivity index (χ2v) is 6.18. The highest BCUT2D eigenvalue weighted by molar-refractivity contribution is 5.70. The van der Waals surface area contributed by atoms with Crippen molar-refractivity contribution in [2.45, 2.75) is 84.0 Å². The molecule has 0 aromatic heterocycles. The number of rotatable bonds is 15. The molecule has 0 rings (SSSR count). The first-order chi connectivity index (χ1) is 13.4. The van der Waals surface area contributed by atoms with Gasteiger partial charge in [-0.25, -0.2) is 0 Å². The van der Waals surface area contributed by atoms with Gasteiger partial charge in [0.05, 0.1) is 20.8 Å². The van der Waals surface area contributed by atoms with E-state index >= 15 is 0 Å². The number of hydrogen-bond acceptors (Lipinski definition) is 7. The molecule has 0 saturated carbocycles. The summed E-state index contributed by atoms with van der Waals surface area (Å²) in [5.74, 6) is -1.34. The third-order valence-electron chi connectivity index (χ3n) is 3.79. The van der Waals surface area contributed by atoms with Crippen LogP contribution in [0, 0.1) is 0 Å². The topological polar surface area (TPSA) is 116 Å². The SMILES string of the molecule is CCOC(=O)CCCCC(=O)O.COC(=O)CCCCCCCCC(=O)OC. The number of carbonyl (C=O) groups is 4. The minimum Gasteiger partial charge on any atom is -0.481 e. The molecule has 0 aliphatic heterocycles. The highest BCUT2D eigenvalue weighted by Crippen LogP contribution is 2.09. The summed E-state index contributed by atoms with van der Waals surface area (Å²) in [6, 6.07) is 0. The van der Waals surface area contributed by atoms with Crippen molar-refractivity contribution >= 4 is 23.9 Å². The zero-order valence-corrected chi connectivity index (χ0v) is 17.5. The average Bonchev–Trinajstić information content (AvgIpc) is 2.67. The van der Waals surface area contributed by atoms with E-state index in [1.807, 2.05) is 0 Å². The lowest BCUT2D eigenvalue weighted by Gasteiger charge is -2.01. The summed E-state index contributed by atoms with van der Waals surface area (Å²) in [6.07, 6.45) is 8.70. The molecule has 8 heteroatoms. The van der Waals surface area contributed by atoms with Gasteiger partial charge in [-0.05, 0) is 32.6 Å². The van der Waals surface area contributed by atoms with Crippen molar-refractivity contribution in [3.63, 3.8) is 0 Å². The molecule has 0 aromatic rings. The number of esters is 3. The highest BCUT2D eigenvalue weighted by Gasteiger charge is 2.02. The van der Waals surface area contributed by atoms with E-state index in [4.69, 9.17) is 5.11 Å². The Hall–Kier alpha value is -2.12. The third kappa shape index (κ3) is 23.9. The predicted molar refractivity (Wildman–Crippen MR) is 104 cm³/mol. The van der Waals surface area contributed by atoms with E-state index in [9.17, 15) is 19.2 Å². The van der Waals surface area contributed by atoms with Gasteiger partial charge in [0.1, 0.15) is 0 Å². The first kappa shape index (κ1) is 28.1. The van der Waals surface area contributed by atoms with Gasteiger partial charge in [0.2, 0.25) is 0 Å². The van der Waals surface area contributed by atoms with Crippen LogP contribution in [0.15, 0.2) is 0 Å². The Kier molecular flexibility index (Phi) is 21.3. The monoisotopic (exact) mass is 404 g/mol. The van der Waals surface area contributed by atoms with Gasteiger partial charge in [0.15, 0.2) is 0 Å². The Labute approximate surface area is 167 Å². The Bertz CT molecular complexity index is 412. The molecule has 0 aliphatic carbocycles. The van der Waals surface area contributed by atoms with E-state index in [-0.39, 0.29) is 24.3 Å². The molecule has 0 fully saturated rings. The largest absolute Gasteiger partial charge is 0.481 e. The van der Waals surface area contributed by atoms with Crippen LogP contribution in [-0.2, 0) is 33.4 Å². The van der Waals surface area contributed by atoms with Crippen molar-refractivity contribution in [1.82, 2.24) is 0 Å². The third-order valence-corrected chi connectivity index (χ3v) is 3.79. The Morgan fingerprint density at radius 2 is 0.964 bits per heavy atom. The number of unbranched alkanes of at least 4 members (excludes halogenated alkanes) is 6. The lowest BCUT2D eigenvalue weighted by atomic mass is 10.1. The second-order valence-electron chi connectivity index (χ2n) is 6.18. The standard InChI is InChI=1S/C12H22O4.C8H14O4/c1-15-11(13)9-7-5-3-4-6-8-10-12(14)16-2;1-2-12-8(11)6-4-3-5-7(9)10/h3-10H2,1-2H3;2-6H2,1H3,(H,9,10). The van der Waals surface area contributed by atoms with Gasteiger partial charge in [0, 0.05) is 25.7 Å². The van der Waals surface area contributed by atoms with Crippen LogP contribution < -0.4 is 0 Å². The fraction of sp³-hybridized carbons (Fsp3) is 0.800. The smallest absolute Gasteiger partial charge is 0.305 e. The number of hydrogen-bond donors (Lipinski definition) is 1. The van der Waals surface area contributed by atoms with Crippen LogP contribution in [0.25, 0.3) is 0 Å². The van der Waals surface area contributed by atoms with Crippen LogP contribution in [0.2, 0.25) is 0 Å². The van der Waals surface area contributed by atoms with Crippen molar-refractivity contribution < 1.29 is 38.5 Å². The van der Waals surface area contributed by atoms with Crippen LogP contribution in [-0.4, -0.2) is 49.8 Å². The molecular weight excluding hydrogens is 368 g/mol. The van der Waals surface area contributed by atoms with Crippen molar-refractivity contribution in [2.75, 3.05) is 20.8 Å². The first-order valence-corrected chi connectivity index (χ1v) is 9.88. The number of aliphatic carboxylic acids is 1. The van der Waals surface area contributed by atoms with Crippen molar-refractivity contribution in [2.24, 2.45) is 0 Å². The van der Waals surface area contributed by atoms with Crippen molar-refractivity contribution in [1.29, 1.82) is 0 Å². The van der Waals surface area contributed by atoms with Gasteiger partial charge in [-0.15, -0.1) is 0 Å². The minimum atomic E-state index is -0.821. The maximum absolute atomic E-state index is 10.8. The quantitative estimate of drug-likeness (QED) is 0.250. The summed E-state index contributed by atoms with van der Waals surface area (Å²) >= 11 is 0. The van der Waals surface area contributed by atoms with Gasteiger partial charge in [-0.2, -0.15) is 0 Å². The molecule has 8 nitrogen and oxygen atoms in total. The predicted octanol–water partition coefficient (Wildman–Crippen LogP) is 3.65. The van der Waals surface area contributed by atoms with Gasteiger partial charge >= 0.3 is 23.9 Å². The lowest BCUT2D eigenvalue weighted by molar-refractivity contribution is -0.144. The van der Waals surface area contributed by atoms with Gasteiger partial charge < -0.3 is 19.3 Å². The molecule has 0 saturated heterocycles. The fourth-order valence-electron chi connectivity index (χ4n) is 2.23. The van der Waals surface area contributed by atoms with E-state index in [0.717, 1.165) is 38.5 Å². The molecule has 0 radical (unpaired) electrons. The number of carbonyl (C=O) groups excluding carboxylic acids is 3. The average molecular weight is 405 g/mol. The molecule has 0 spiro atoms. The molecule has 0 unspecified atom stereocenters. The Morgan fingerprint density at radius 3 is 1.36 bits per heavy atom. The highest BCUT2D eigenvalue weighted by atomic mass is 16.5.